The van der Waals surface area contributed by atoms with Gasteiger partial charge in [-0.3, -0.25) is 19.5 Å². The van der Waals surface area contributed by atoms with Crippen molar-refractivity contribution >= 4 is 45.6 Å². The molecular formula is C25H27ClFN5O3S. The third kappa shape index (κ3) is 6.26. The molecule has 1 amide bonds. The summed E-state index contributed by atoms with van der Waals surface area (Å²) in [5.74, 6) is -0.859. The van der Waals surface area contributed by atoms with Gasteiger partial charge in [0, 0.05) is 31.9 Å². The first kappa shape index (κ1) is 27.3. The van der Waals surface area contributed by atoms with Crippen LogP contribution in [0, 0.1) is 12.7 Å². The Kier molecular flexibility index (Phi) is 8.44. The maximum Gasteiger partial charge on any atom is 0.263 e. The number of aromatic nitrogens is 1. The molecule has 2 aromatic carbocycles. The van der Waals surface area contributed by atoms with Crippen LogP contribution in [0.5, 0.6) is 0 Å². The molecule has 0 fully saturated rings. The van der Waals surface area contributed by atoms with Gasteiger partial charge in [0.2, 0.25) is 0 Å². The van der Waals surface area contributed by atoms with Crippen molar-refractivity contribution in [2.24, 2.45) is 4.99 Å². The summed E-state index contributed by atoms with van der Waals surface area (Å²) in [7, 11) is 1.45. The zero-order chi connectivity index (χ0) is 26.6. The molecule has 0 unspecified atom stereocenters. The minimum absolute atomic E-state index is 0.215. The summed E-state index contributed by atoms with van der Waals surface area (Å²) in [6, 6.07) is 9.77. The number of hydrogen-bond acceptors (Lipinski definition) is 6. The van der Waals surface area contributed by atoms with Gasteiger partial charge >= 0.3 is 0 Å². The Morgan fingerprint density at radius 2 is 1.83 bits per heavy atom. The Hall–Kier alpha value is -3.34. The van der Waals surface area contributed by atoms with Crippen LogP contribution in [0.3, 0.4) is 0 Å². The van der Waals surface area contributed by atoms with E-state index in [-0.39, 0.29) is 21.5 Å². The van der Waals surface area contributed by atoms with Gasteiger partial charge in [-0.05, 0) is 69.7 Å². The topological polar surface area (TPSA) is 95.0 Å². The number of halogens is 2. The van der Waals surface area contributed by atoms with E-state index in [1.807, 2.05) is 19.0 Å². The van der Waals surface area contributed by atoms with Crippen molar-refractivity contribution in [2.75, 3.05) is 39.0 Å². The van der Waals surface area contributed by atoms with Gasteiger partial charge in [0.25, 0.3) is 15.9 Å². The number of aliphatic imine (C=N–C) groups is 1. The molecule has 0 saturated heterocycles. The first-order valence-electron chi connectivity index (χ1n) is 10.9. The lowest BCUT2D eigenvalue weighted by atomic mass is 10.0. The van der Waals surface area contributed by atoms with Gasteiger partial charge in [-0.25, -0.2) is 12.8 Å². The summed E-state index contributed by atoms with van der Waals surface area (Å²) in [6.07, 6.45) is 1.58. The Bertz CT molecular complexity index is 1410. The maximum atomic E-state index is 13.4. The molecule has 0 aliphatic carbocycles. The van der Waals surface area contributed by atoms with E-state index in [1.165, 1.54) is 0 Å². The number of aryl methyl sites for hydroxylation is 1. The van der Waals surface area contributed by atoms with Gasteiger partial charge in [-0.15, -0.1) is 0 Å². The van der Waals surface area contributed by atoms with Gasteiger partial charge in [0.05, 0.1) is 27.7 Å². The van der Waals surface area contributed by atoms with Crippen LogP contribution < -0.4 is 4.72 Å². The molecule has 3 aromatic rings. The van der Waals surface area contributed by atoms with Crippen molar-refractivity contribution < 1.29 is 17.6 Å². The van der Waals surface area contributed by atoms with E-state index < -0.39 is 15.8 Å². The van der Waals surface area contributed by atoms with Crippen LogP contribution in [0.1, 0.15) is 16.1 Å². The fraction of sp³-hybridized carbons (Fsp3) is 0.240. The van der Waals surface area contributed by atoms with E-state index >= 15 is 0 Å². The zero-order valence-corrected chi connectivity index (χ0v) is 22.0. The smallest absolute Gasteiger partial charge is 0.263 e. The summed E-state index contributed by atoms with van der Waals surface area (Å²) < 4.78 is 41.7. The number of sulfonamides is 1. The van der Waals surface area contributed by atoms with E-state index in [0.717, 1.165) is 18.2 Å². The molecule has 1 heterocycles. The van der Waals surface area contributed by atoms with Gasteiger partial charge in [0.15, 0.2) is 0 Å². The van der Waals surface area contributed by atoms with Crippen LogP contribution >= 0.6 is 11.6 Å². The summed E-state index contributed by atoms with van der Waals surface area (Å²) >= 11 is 5.96. The summed E-state index contributed by atoms with van der Waals surface area (Å²) in [5.41, 5.74) is 2.65. The molecule has 0 bridgehead atoms. The number of nitrogens with zero attached hydrogens (tertiary/aromatic N) is 4. The fourth-order valence-corrected chi connectivity index (χ4v) is 5.01. The van der Waals surface area contributed by atoms with Crippen molar-refractivity contribution in [1.29, 1.82) is 0 Å². The first-order chi connectivity index (χ1) is 16.9. The van der Waals surface area contributed by atoms with E-state index in [1.54, 1.807) is 49.3 Å². The van der Waals surface area contributed by atoms with E-state index in [9.17, 15) is 17.6 Å². The number of carbonyl (C=O) groups excluding carboxylic acids is 1. The fourth-order valence-electron chi connectivity index (χ4n) is 3.37. The highest BCUT2D eigenvalue weighted by atomic mass is 35.5. The summed E-state index contributed by atoms with van der Waals surface area (Å²) in [5, 5.41) is -0.238. The molecule has 190 valence electrons. The number of hydrogen-bond donors (Lipinski definition) is 1. The lowest BCUT2D eigenvalue weighted by molar-refractivity contribution is 0.0787. The molecule has 1 N–H and O–H groups in total. The highest BCUT2D eigenvalue weighted by Crippen LogP contribution is 2.31. The molecule has 1 aromatic heterocycles. The zero-order valence-electron chi connectivity index (χ0n) is 20.4. The molecule has 36 heavy (non-hydrogen) atoms. The molecule has 0 atom stereocenters. The predicted octanol–water partition coefficient (Wildman–Crippen LogP) is 4.62. The number of likely N-dealkylation sites (N-methyl/N-ethyl adjacent to an activating group) is 2. The standard InChI is InChI=1S/C25H27ClFN5O3S/c1-16-23(30-36(34,35)24-9-7-19(27)14-21(24)26)13-18(15-29-16)17-6-8-22(28-2)20(12-17)25(33)32(5)11-10-31(3)4/h6-9,12-15,30H,2,10-11H2,1,3-5H3. The second kappa shape index (κ2) is 11.2. The number of anilines is 1. The molecule has 0 aliphatic rings. The minimum Gasteiger partial charge on any atom is -0.340 e. The summed E-state index contributed by atoms with van der Waals surface area (Å²) in [4.78, 5) is 24.7. The SMILES string of the molecule is C=Nc1ccc(-c2cnc(C)c(NS(=O)(=O)c3ccc(F)cc3Cl)c2)cc1C(=O)N(C)CCN(C)C. The monoisotopic (exact) mass is 531 g/mol. The molecule has 0 spiro atoms. The molecule has 3 rings (SSSR count). The maximum absolute atomic E-state index is 13.4. The van der Waals surface area contributed by atoms with Gasteiger partial charge in [-0.1, -0.05) is 17.7 Å². The number of rotatable bonds is 9. The number of amides is 1. The summed E-state index contributed by atoms with van der Waals surface area (Å²) in [6.45, 7) is 6.43. The van der Waals surface area contributed by atoms with Crippen LogP contribution in [0.2, 0.25) is 5.02 Å². The van der Waals surface area contributed by atoms with E-state index in [4.69, 9.17) is 11.6 Å². The van der Waals surface area contributed by atoms with Crippen LogP contribution in [0.15, 0.2) is 58.5 Å². The van der Waals surface area contributed by atoms with Gasteiger partial charge in [-0.2, -0.15) is 0 Å². The molecule has 0 saturated carbocycles. The predicted molar refractivity (Wildman–Crippen MR) is 141 cm³/mol. The second-order valence-corrected chi connectivity index (χ2v) is 10.5. The lowest BCUT2D eigenvalue weighted by Crippen LogP contribution is -2.33. The van der Waals surface area contributed by atoms with E-state index in [2.05, 4.69) is 21.4 Å². The largest absolute Gasteiger partial charge is 0.340 e. The van der Waals surface area contributed by atoms with Crippen molar-refractivity contribution in [3.05, 3.63) is 70.8 Å². The Labute approximate surface area is 215 Å². The van der Waals surface area contributed by atoms with Crippen LogP contribution in [0.4, 0.5) is 15.8 Å². The van der Waals surface area contributed by atoms with Gasteiger partial charge < -0.3 is 9.80 Å². The van der Waals surface area contributed by atoms with Crippen molar-refractivity contribution in [1.82, 2.24) is 14.8 Å². The Balaban J connectivity index is 1.97. The van der Waals surface area contributed by atoms with Crippen LogP contribution in [-0.2, 0) is 10.0 Å². The average molecular weight is 532 g/mol. The number of benzene rings is 2. The minimum atomic E-state index is -4.12. The molecule has 0 aliphatic heterocycles. The molecule has 8 nitrogen and oxygen atoms in total. The molecule has 0 radical (unpaired) electrons. The Morgan fingerprint density at radius 3 is 2.47 bits per heavy atom. The normalized spacial score (nSPS) is 11.4. The quantitative estimate of drug-likeness (QED) is 0.407. The third-order valence-electron chi connectivity index (χ3n) is 5.47. The highest BCUT2D eigenvalue weighted by Gasteiger charge is 2.21. The number of carbonyl (C=O) groups is 1. The second-order valence-electron chi connectivity index (χ2n) is 8.46. The number of nitrogens with one attached hydrogen (secondary N) is 1. The van der Waals surface area contributed by atoms with Crippen molar-refractivity contribution in [2.45, 2.75) is 11.8 Å². The van der Waals surface area contributed by atoms with Crippen LogP contribution in [0.25, 0.3) is 11.1 Å². The highest BCUT2D eigenvalue weighted by molar-refractivity contribution is 7.92. The first-order valence-corrected chi connectivity index (χ1v) is 12.7. The number of pyridine rings is 1. The Morgan fingerprint density at radius 1 is 1.11 bits per heavy atom. The lowest BCUT2D eigenvalue weighted by Gasteiger charge is -2.21. The van der Waals surface area contributed by atoms with Crippen LogP contribution in [-0.4, -0.2) is 70.1 Å². The van der Waals surface area contributed by atoms with Crippen molar-refractivity contribution in [3.8, 4) is 11.1 Å². The van der Waals surface area contributed by atoms with Gasteiger partial charge in [0.1, 0.15) is 10.7 Å². The third-order valence-corrected chi connectivity index (χ3v) is 7.32. The van der Waals surface area contributed by atoms with Crippen molar-refractivity contribution in [3.63, 3.8) is 0 Å². The van der Waals surface area contributed by atoms with E-state index in [0.29, 0.717) is 41.2 Å². The molecule has 11 heteroatoms. The molecular weight excluding hydrogens is 505 g/mol. The average Bonchev–Trinajstić information content (AvgIpc) is 2.82.